The maximum absolute atomic E-state index is 11.1. The molecule has 4 heteroatoms. The van der Waals surface area contributed by atoms with Gasteiger partial charge in [0.1, 0.15) is 3.92 Å². The molecule has 0 fully saturated rings. The number of para-hydroxylation sites is 1. The Hall–Kier alpha value is -0.780. The van der Waals surface area contributed by atoms with Crippen molar-refractivity contribution >= 4 is 34.2 Å². The predicted octanol–water partition coefficient (Wildman–Crippen LogP) is 1.73. The molecule has 16 heavy (non-hydrogen) atoms. The number of amides is 1. The zero-order chi connectivity index (χ0) is 11.5. The Morgan fingerprint density at radius 1 is 1.50 bits per heavy atom. The fraction of sp³-hybridized carbons (Fsp3) is 0.417. The second kappa shape index (κ2) is 5.03. The Kier molecular flexibility index (Phi) is 3.68. The van der Waals surface area contributed by atoms with E-state index < -0.39 is 0 Å². The number of primary amides is 1. The number of benzene rings is 1. The van der Waals surface area contributed by atoms with Gasteiger partial charge in [0.2, 0.25) is 5.91 Å². The molecule has 1 aromatic rings. The van der Waals surface area contributed by atoms with Gasteiger partial charge in [-0.25, -0.2) is 0 Å². The maximum Gasteiger partial charge on any atom is 0.232 e. The molecule has 1 amide bonds. The molecule has 2 N–H and O–H groups in total. The number of carbonyl (C=O) groups is 1. The standard InChI is InChI=1S/C12H15IN2O/c13-10(12(14)16)8-15-7-3-5-9-4-1-2-6-11(9)15/h1-2,4,6,10H,3,5,7-8H2,(H2,14,16)/t10-/m0/s1. The van der Waals surface area contributed by atoms with Crippen molar-refractivity contribution in [2.75, 3.05) is 18.0 Å². The van der Waals surface area contributed by atoms with E-state index in [1.54, 1.807) is 0 Å². The minimum atomic E-state index is -0.233. The van der Waals surface area contributed by atoms with Crippen molar-refractivity contribution in [2.45, 2.75) is 16.8 Å². The van der Waals surface area contributed by atoms with Crippen LogP contribution in [0.25, 0.3) is 0 Å². The van der Waals surface area contributed by atoms with Gasteiger partial charge in [-0.2, -0.15) is 0 Å². The third kappa shape index (κ3) is 2.48. The molecule has 3 nitrogen and oxygen atoms in total. The fourth-order valence-corrected chi connectivity index (χ4v) is 2.56. The zero-order valence-corrected chi connectivity index (χ0v) is 11.2. The van der Waals surface area contributed by atoms with Gasteiger partial charge in [0, 0.05) is 18.8 Å². The third-order valence-corrected chi connectivity index (χ3v) is 3.90. The number of halogens is 1. The van der Waals surface area contributed by atoms with Crippen LogP contribution in [-0.4, -0.2) is 22.9 Å². The van der Waals surface area contributed by atoms with E-state index in [1.807, 2.05) is 6.07 Å². The fourth-order valence-electron chi connectivity index (χ4n) is 2.08. The van der Waals surface area contributed by atoms with Gasteiger partial charge in [-0.05, 0) is 24.5 Å². The summed E-state index contributed by atoms with van der Waals surface area (Å²) < 4.78 is -0.122. The molecule has 0 radical (unpaired) electrons. The SMILES string of the molecule is NC(=O)[C@@H](I)CN1CCCc2ccccc21. The number of nitrogens with zero attached hydrogens (tertiary/aromatic N) is 1. The number of alkyl halides is 1. The van der Waals surface area contributed by atoms with E-state index in [2.05, 4.69) is 45.7 Å². The average molecular weight is 330 g/mol. The normalized spacial score (nSPS) is 16.7. The van der Waals surface area contributed by atoms with E-state index in [-0.39, 0.29) is 9.83 Å². The first-order valence-electron chi connectivity index (χ1n) is 5.44. The number of hydrogen-bond donors (Lipinski definition) is 1. The molecule has 1 aliphatic heterocycles. The van der Waals surface area contributed by atoms with Gasteiger partial charge >= 0.3 is 0 Å². The highest BCUT2D eigenvalue weighted by atomic mass is 127. The number of hydrogen-bond acceptors (Lipinski definition) is 2. The number of rotatable bonds is 3. The maximum atomic E-state index is 11.1. The largest absolute Gasteiger partial charge is 0.370 e. The lowest BCUT2D eigenvalue weighted by Gasteiger charge is -2.32. The first-order valence-corrected chi connectivity index (χ1v) is 6.69. The third-order valence-electron chi connectivity index (χ3n) is 2.90. The predicted molar refractivity (Wildman–Crippen MR) is 74.0 cm³/mol. The molecule has 1 aliphatic rings. The highest BCUT2D eigenvalue weighted by Gasteiger charge is 2.20. The first-order chi connectivity index (χ1) is 7.68. The molecule has 1 heterocycles. The highest BCUT2D eigenvalue weighted by molar-refractivity contribution is 14.1. The van der Waals surface area contributed by atoms with Gasteiger partial charge < -0.3 is 10.6 Å². The van der Waals surface area contributed by atoms with Gasteiger partial charge in [-0.15, -0.1) is 0 Å². The zero-order valence-electron chi connectivity index (χ0n) is 9.03. The molecule has 2 rings (SSSR count). The van der Waals surface area contributed by atoms with Crippen molar-refractivity contribution in [3.8, 4) is 0 Å². The Morgan fingerprint density at radius 2 is 2.25 bits per heavy atom. The first kappa shape index (κ1) is 11.7. The number of nitrogens with two attached hydrogens (primary N) is 1. The molecule has 1 atom stereocenters. The van der Waals surface area contributed by atoms with Gasteiger partial charge in [-0.1, -0.05) is 40.8 Å². The summed E-state index contributed by atoms with van der Waals surface area (Å²) in [6, 6.07) is 8.40. The number of anilines is 1. The van der Waals surface area contributed by atoms with Crippen LogP contribution >= 0.6 is 22.6 Å². The Balaban J connectivity index is 2.16. The Labute approximate surface area is 109 Å². The minimum absolute atomic E-state index is 0.122. The Bertz CT molecular complexity index is 394. The lowest BCUT2D eigenvalue weighted by Crippen LogP contribution is -2.39. The van der Waals surface area contributed by atoms with Crippen LogP contribution in [0.4, 0.5) is 5.69 Å². The summed E-state index contributed by atoms with van der Waals surface area (Å²) in [5, 5.41) is 0. The molecule has 0 aromatic heterocycles. The summed E-state index contributed by atoms with van der Waals surface area (Å²) in [6.45, 7) is 1.73. The topological polar surface area (TPSA) is 46.3 Å². The van der Waals surface area contributed by atoms with E-state index in [4.69, 9.17) is 5.73 Å². The molecule has 0 saturated heterocycles. The van der Waals surface area contributed by atoms with Gasteiger partial charge in [0.05, 0.1) is 0 Å². The van der Waals surface area contributed by atoms with Gasteiger partial charge in [0.15, 0.2) is 0 Å². The molecule has 0 bridgehead atoms. The molecular weight excluding hydrogens is 315 g/mol. The quantitative estimate of drug-likeness (QED) is 0.678. The molecule has 0 spiro atoms. The molecular formula is C12H15IN2O. The van der Waals surface area contributed by atoms with Crippen molar-refractivity contribution in [3.63, 3.8) is 0 Å². The van der Waals surface area contributed by atoms with Gasteiger partial charge in [0.25, 0.3) is 0 Å². The molecule has 0 aliphatic carbocycles. The molecule has 86 valence electrons. The highest BCUT2D eigenvalue weighted by Crippen LogP contribution is 2.27. The van der Waals surface area contributed by atoms with Crippen LogP contribution in [0.1, 0.15) is 12.0 Å². The van der Waals surface area contributed by atoms with Crippen LogP contribution in [0.5, 0.6) is 0 Å². The number of fused-ring (bicyclic) bond motifs is 1. The summed E-state index contributed by atoms with van der Waals surface area (Å²) >= 11 is 2.12. The van der Waals surface area contributed by atoms with Crippen molar-refractivity contribution < 1.29 is 4.79 Å². The van der Waals surface area contributed by atoms with Crippen molar-refractivity contribution in [1.82, 2.24) is 0 Å². The van der Waals surface area contributed by atoms with Crippen LogP contribution in [0.15, 0.2) is 24.3 Å². The van der Waals surface area contributed by atoms with E-state index in [0.717, 1.165) is 19.4 Å². The number of aryl methyl sites for hydroxylation is 1. The van der Waals surface area contributed by atoms with Crippen LogP contribution in [-0.2, 0) is 11.2 Å². The second-order valence-corrected chi connectivity index (χ2v) is 5.55. The van der Waals surface area contributed by atoms with Crippen molar-refractivity contribution in [2.24, 2.45) is 5.73 Å². The van der Waals surface area contributed by atoms with Crippen LogP contribution < -0.4 is 10.6 Å². The minimum Gasteiger partial charge on any atom is -0.370 e. The van der Waals surface area contributed by atoms with Crippen LogP contribution in [0.3, 0.4) is 0 Å². The summed E-state index contributed by atoms with van der Waals surface area (Å²) in [5.41, 5.74) is 7.94. The van der Waals surface area contributed by atoms with Gasteiger partial charge in [-0.3, -0.25) is 4.79 Å². The second-order valence-electron chi connectivity index (χ2n) is 4.05. The van der Waals surface area contributed by atoms with E-state index in [1.165, 1.54) is 11.3 Å². The van der Waals surface area contributed by atoms with Crippen molar-refractivity contribution in [3.05, 3.63) is 29.8 Å². The van der Waals surface area contributed by atoms with E-state index >= 15 is 0 Å². The molecule has 1 aromatic carbocycles. The van der Waals surface area contributed by atoms with E-state index in [0.29, 0.717) is 6.54 Å². The van der Waals surface area contributed by atoms with Crippen molar-refractivity contribution in [1.29, 1.82) is 0 Å². The molecule has 0 unspecified atom stereocenters. The van der Waals surface area contributed by atoms with E-state index in [9.17, 15) is 4.79 Å². The summed E-state index contributed by atoms with van der Waals surface area (Å²) in [4.78, 5) is 13.3. The van der Waals surface area contributed by atoms with Crippen LogP contribution in [0.2, 0.25) is 0 Å². The summed E-state index contributed by atoms with van der Waals surface area (Å²) in [6.07, 6.45) is 2.29. The average Bonchev–Trinajstić information content (AvgIpc) is 2.29. The number of carbonyl (C=O) groups excluding carboxylic acids is 1. The van der Waals surface area contributed by atoms with Crippen LogP contribution in [0, 0.1) is 0 Å². The smallest absolute Gasteiger partial charge is 0.232 e. The lowest BCUT2D eigenvalue weighted by molar-refractivity contribution is -0.117. The summed E-state index contributed by atoms with van der Waals surface area (Å²) in [5.74, 6) is -0.233. The Morgan fingerprint density at radius 3 is 3.00 bits per heavy atom. The summed E-state index contributed by atoms with van der Waals surface area (Å²) in [7, 11) is 0. The molecule has 0 saturated carbocycles. The lowest BCUT2D eigenvalue weighted by atomic mass is 10.0. The monoisotopic (exact) mass is 330 g/mol.